The number of benzene rings is 5. The van der Waals surface area contributed by atoms with Crippen LogP contribution in [0.4, 0.5) is 4.79 Å². The summed E-state index contributed by atoms with van der Waals surface area (Å²) in [6.07, 6.45) is -13.4. The average molecular weight is 1520 g/mol. The monoisotopic (exact) mass is 1520 g/mol. The number of rotatable bonds is 13. The molecule has 15 rings (SSSR count). The smallest absolute Gasteiger partial charge is 0.408 e. The SMILES string of the molecule is CC(C)C[C@@H](NC(=O)OC(C)(C)C)C(=O)N[C@H]1C(=O)C[C@@H](CC(N)=O)C(=O)N[C@H]2C(=O)C[C@H]3C(=O)N[C@@H](C(=O)N[C@H](C(=O)CC4C5CC6CC(C5)CC4C6)c4cc(O)cc(O)c4-c4cc3ccc4O)[C@H](O)c3ccc(c(Cl)c3)Oc3cc2cc(c3OC2OC(CO)C(O)C(O)C2O)Oc2ccc(cc2Cl)[C@H]1O. The molecule has 0 aromatic heterocycles. The minimum absolute atomic E-state index is 0.0441. The number of nitrogens with two attached hydrogens (primary N) is 1. The summed E-state index contributed by atoms with van der Waals surface area (Å²) in [5, 5.41) is 117. The van der Waals surface area contributed by atoms with Gasteiger partial charge in [-0.1, -0.05) is 55.2 Å². The quantitative estimate of drug-likeness (QED) is 0.0633. The molecular formula is C76H86Cl2N6O23. The number of phenolic OH excluding ortho intramolecular Hbond substituents is 3. The van der Waals surface area contributed by atoms with Crippen molar-refractivity contribution in [3.63, 3.8) is 0 Å². The van der Waals surface area contributed by atoms with Gasteiger partial charge in [0.2, 0.25) is 41.6 Å². The number of Topliss-reactive ketones (excluding diaryl/α,β-unsaturated/α-hetero) is 3. The molecule has 29 nitrogen and oxygen atoms in total. The molecule has 107 heavy (non-hydrogen) atoms. The van der Waals surface area contributed by atoms with Gasteiger partial charge in [-0.3, -0.25) is 38.4 Å². The van der Waals surface area contributed by atoms with Gasteiger partial charge in [0, 0.05) is 42.9 Å². The maximum Gasteiger partial charge on any atom is 0.408 e. The van der Waals surface area contributed by atoms with Gasteiger partial charge in [-0.2, -0.15) is 0 Å². The van der Waals surface area contributed by atoms with E-state index in [-0.39, 0.29) is 97.0 Å². The van der Waals surface area contributed by atoms with Crippen LogP contribution in [0.25, 0.3) is 11.1 Å². The van der Waals surface area contributed by atoms with Gasteiger partial charge in [-0.15, -0.1) is 0 Å². The number of aliphatic hydroxyl groups is 6. The third-order valence-electron chi connectivity index (χ3n) is 21.3. The molecular weight excluding hydrogens is 1440 g/mol. The van der Waals surface area contributed by atoms with Gasteiger partial charge in [0.1, 0.15) is 101 Å². The highest BCUT2D eigenvalue weighted by molar-refractivity contribution is 6.32. The van der Waals surface area contributed by atoms with E-state index in [1.54, 1.807) is 34.6 Å². The number of carbonyl (C=O) groups is 9. The highest BCUT2D eigenvalue weighted by Crippen LogP contribution is 2.58. The fraction of sp³-hybridized carbons (Fsp3) is 0.487. The normalized spacial score (nSPS) is 29.5. The van der Waals surface area contributed by atoms with Crippen molar-refractivity contribution in [1.82, 2.24) is 26.6 Å². The van der Waals surface area contributed by atoms with Gasteiger partial charge in [0.15, 0.2) is 28.8 Å². The van der Waals surface area contributed by atoms with Crippen LogP contribution in [0.5, 0.6) is 46.0 Å². The Morgan fingerprint density at radius 3 is 1.87 bits per heavy atom. The molecule has 10 aliphatic rings. The molecule has 5 aromatic carbocycles. The van der Waals surface area contributed by atoms with Crippen LogP contribution in [-0.2, 0) is 47.8 Å². The molecule has 4 aliphatic carbocycles. The van der Waals surface area contributed by atoms with E-state index >= 15 is 28.8 Å². The van der Waals surface area contributed by atoms with Crippen LogP contribution in [-0.4, -0.2) is 160 Å². The first-order valence-electron chi connectivity index (χ1n) is 35.5. The van der Waals surface area contributed by atoms with Crippen molar-refractivity contribution in [2.75, 3.05) is 6.61 Å². The average Bonchev–Trinajstić information content (AvgIpc) is 0.756. The number of aliphatic hydroxyl groups excluding tert-OH is 6. The summed E-state index contributed by atoms with van der Waals surface area (Å²) in [7, 11) is 0. The number of amides is 6. The number of primary amides is 1. The number of ketones is 3. The Morgan fingerprint density at radius 2 is 1.28 bits per heavy atom. The van der Waals surface area contributed by atoms with E-state index in [1.807, 2.05) is 0 Å². The molecule has 16 N–H and O–H groups in total. The molecule has 31 heteroatoms. The minimum Gasteiger partial charge on any atom is -0.508 e. The molecule has 0 spiro atoms. The van der Waals surface area contributed by atoms with Gasteiger partial charge in [0.05, 0.1) is 28.5 Å². The Bertz CT molecular complexity index is 4330. The first kappa shape index (κ1) is 77.4. The third kappa shape index (κ3) is 16.6. The van der Waals surface area contributed by atoms with Crippen LogP contribution in [0.3, 0.4) is 0 Å². The number of alkyl carbamates (subject to hydrolysis) is 1. The van der Waals surface area contributed by atoms with E-state index < -0.39 is 204 Å². The summed E-state index contributed by atoms with van der Waals surface area (Å²) in [4.78, 5) is 135. The number of carbonyl (C=O) groups excluding carboxylic acids is 9. The zero-order valence-electron chi connectivity index (χ0n) is 58.9. The molecule has 6 amide bonds. The van der Waals surface area contributed by atoms with Crippen LogP contribution < -0.4 is 46.5 Å². The van der Waals surface area contributed by atoms with Crippen LogP contribution in [0.15, 0.2) is 78.9 Å². The molecule has 5 fully saturated rings. The number of hydrogen-bond donors (Lipinski definition) is 15. The lowest BCUT2D eigenvalue weighted by atomic mass is 9.51. The Hall–Kier alpha value is -9.17. The highest BCUT2D eigenvalue weighted by Gasteiger charge is 2.51. The molecule has 6 aliphatic heterocycles. The fourth-order valence-corrected chi connectivity index (χ4v) is 16.8. The van der Waals surface area contributed by atoms with Crippen LogP contribution in [0.2, 0.25) is 10.0 Å². The molecule has 15 bridgehead atoms. The number of halogens is 2. The largest absolute Gasteiger partial charge is 0.508 e. The van der Waals surface area contributed by atoms with Crippen LogP contribution in [0.1, 0.15) is 157 Å². The predicted octanol–water partition coefficient (Wildman–Crippen LogP) is 6.10. The summed E-state index contributed by atoms with van der Waals surface area (Å²) in [5.41, 5.74) is 3.16. The van der Waals surface area contributed by atoms with Crippen molar-refractivity contribution in [1.29, 1.82) is 0 Å². The number of aromatic hydroxyl groups is 3. The van der Waals surface area contributed by atoms with E-state index in [0.29, 0.717) is 11.8 Å². The van der Waals surface area contributed by atoms with Crippen molar-refractivity contribution in [3.05, 3.63) is 117 Å². The molecule has 5 aromatic rings. The Kier molecular flexibility index (Phi) is 22.6. The second-order valence-electron chi connectivity index (χ2n) is 30.6. The van der Waals surface area contributed by atoms with E-state index in [9.17, 15) is 60.3 Å². The van der Waals surface area contributed by atoms with Crippen molar-refractivity contribution >= 4 is 76.2 Å². The molecule has 1 saturated heterocycles. The first-order valence-corrected chi connectivity index (χ1v) is 36.3. The number of fused-ring (bicyclic) bond motifs is 15. The van der Waals surface area contributed by atoms with Gasteiger partial charge < -0.3 is 102 Å². The predicted molar refractivity (Wildman–Crippen MR) is 378 cm³/mol. The number of hydrogen-bond acceptors (Lipinski definition) is 23. The summed E-state index contributed by atoms with van der Waals surface area (Å²) >= 11 is 14.2. The van der Waals surface area contributed by atoms with Crippen molar-refractivity contribution < 1.29 is 113 Å². The lowest BCUT2D eigenvalue weighted by Gasteiger charge is -2.54. The zero-order chi connectivity index (χ0) is 77.1. The van der Waals surface area contributed by atoms with E-state index in [4.69, 9.17) is 52.6 Å². The van der Waals surface area contributed by atoms with E-state index in [2.05, 4.69) is 26.6 Å². The summed E-state index contributed by atoms with van der Waals surface area (Å²) in [5.74, 6) is -15.8. The topological polar surface area (TPSA) is 468 Å². The molecule has 14 atom stereocenters. The highest BCUT2D eigenvalue weighted by atomic mass is 35.5. The molecule has 6 heterocycles. The molecule has 4 saturated carbocycles. The minimum atomic E-state index is -2.18. The Labute approximate surface area is 623 Å². The third-order valence-corrected chi connectivity index (χ3v) is 21.9. The number of nitrogens with one attached hydrogen (secondary N) is 5. The Morgan fingerprint density at radius 1 is 0.664 bits per heavy atom. The second kappa shape index (κ2) is 31.2. The summed E-state index contributed by atoms with van der Waals surface area (Å²) in [6, 6.07) is 5.39. The zero-order valence-corrected chi connectivity index (χ0v) is 60.4. The maximum absolute atomic E-state index is 16.3. The second-order valence-corrected chi connectivity index (χ2v) is 31.4. The Balaban J connectivity index is 1.04. The van der Waals surface area contributed by atoms with Crippen molar-refractivity contribution in [2.45, 2.75) is 183 Å². The standard InChI is InChI=1S/C76H86Cl2N6O23/c1-30(2)12-47(80-75(102)107-76(3,4)5)72(100)83-62-50(89)21-39(24-58(79)92)70(98)81-60-38-22-55(103-53-10-7-34(64(62)93)19-45(53)77)69(106-74-68(97)67(96)66(95)57(29-85)105-74)56(23-38)104-54-11-8-35(20-46(54)78)65(94)63-73(101)82-61(52(91)27-41-36-14-31-13-32(16-36)17-37(41)15-31)44-25-40(86)26-49(88)59(44)43-18-33(6-9-48(43)87)42(28-51(60)90)71(99)84-63/h6-11,18-20,22-23,25-26,30-32,36-37,39,41-42,47,57,60-68,74,85-88,93-97H,12-17,21,24,27-29H2,1-5H3,(H2,79,92)(H,80,102)(H,81,98)(H,82,101)(H,83,100)(H,84,99)/t31?,32?,36?,37?,39-,41?,42+,47+,57?,60+,61-,62-,63+,64+,65+,66?,67?,68?,74?/m0/s1. The van der Waals surface area contributed by atoms with E-state index in [0.717, 1.165) is 74.6 Å². The van der Waals surface area contributed by atoms with Gasteiger partial charge in [-0.25, -0.2) is 4.79 Å². The lowest BCUT2D eigenvalue weighted by Crippen LogP contribution is -2.60. The van der Waals surface area contributed by atoms with Crippen molar-refractivity contribution in [3.8, 4) is 57.1 Å². The molecule has 0 radical (unpaired) electrons. The number of phenols is 3. The summed E-state index contributed by atoms with van der Waals surface area (Å²) < 4.78 is 30.8. The maximum atomic E-state index is 16.3. The number of ether oxygens (including phenoxy) is 5. The van der Waals surface area contributed by atoms with E-state index in [1.165, 1.54) is 36.4 Å². The van der Waals surface area contributed by atoms with Crippen LogP contribution in [0, 0.1) is 41.4 Å². The van der Waals surface area contributed by atoms with Gasteiger partial charge >= 0.3 is 6.09 Å². The molecule has 572 valence electrons. The van der Waals surface area contributed by atoms with Gasteiger partial charge in [-0.05, 0) is 177 Å². The molecule has 5 unspecified atom stereocenters. The van der Waals surface area contributed by atoms with Crippen LogP contribution >= 0.6 is 23.2 Å². The van der Waals surface area contributed by atoms with Gasteiger partial charge in [0.25, 0.3) is 0 Å². The van der Waals surface area contributed by atoms with Crippen molar-refractivity contribution in [2.24, 2.45) is 47.2 Å². The lowest BCUT2D eigenvalue weighted by molar-refractivity contribution is -0.277. The summed E-state index contributed by atoms with van der Waals surface area (Å²) in [6.45, 7) is 7.30. The fourth-order valence-electron chi connectivity index (χ4n) is 16.4. The first-order chi connectivity index (χ1) is 50.6.